The summed E-state index contributed by atoms with van der Waals surface area (Å²) in [4.78, 5) is 35.3. The topological polar surface area (TPSA) is 86.7 Å². The summed E-state index contributed by atoms with van der Waals surface area (Å²) in [6.45, 7) is 0.0110. The highest BCUT2D eigenvalue weighted by atomic mass is 16.4. The zero-order valence-electron chi connectivity index (χ0n) is 11.0. The molecule has 0 saturated carbocycles. The average molecular weight is 276 g/mol. The zero-order chi connectivity index (χ0) is 14.5. The molecule has 20 heavy (non-hydrogen) atoms. The Bertz CT molecular complexity index is 542. The van der Waals surface area contributed by atoms with Gasteiger partial charge in [0.2, 0.25) is 11.8 Å². The minimum atomic E-state index is -0.837. The predicted molar refractivity (Wildman–Crippen MR) is 72.4 cm³/mol. The molecule has 0 spiro atoms. The summed E-state index contributed by atoms with van der Waals surface area (Å²) in [5, 5.41) is 11.2. The van der Waals surface area contributed by atoms with Gasteiger partial charge in [0, 0.05) is 12.1 Å². The molecule has 0 aromatic heterocycles. The molecule has 1 aliphatic rings. The van der Waals surface area contributed by atoms with Gasteiger partial charge in [-0.2, -0.15) is 0 Å². The number of aryl methyl sites for hydroxylation is 1. The van der Waals surface area contributed by atoms with E-state index in [1.807, 2.05) is 12.1 Å². The van der Waals surface area contributed by atoms with Gasteiger partial charge < -0.3 is 15.3 Å². The van der Waals surface area contributed by atoms with Crippen LogP contribution in [-0.4, -0.2) is 36.0 Å². The Kier molecular flexibility index (Phi) is 4.34. The number of amides is 2. The van der Waals surface area contributed by atoms with Crippen LogP contribution in [0.5, 0.6) is 0 Å². The van der Waals surface area contributed by atoms with Gasteiger partial charge in [-0.05, 0) is 24.5 Å². The van der Waals surface area contributed by atoms with E-state index in [0.29, 0.717) is 18.5 Å². The largest absolute Gasteiger partial charge is 0.481 e. The smallest absolute Gasteiger partial charge is 0.303 e. The molecular weight excluding hydrogens is 260 g/mol. The van der Waals surface area contributed by atoms with Gasteiger partial charge in [-0.3, -0.25) is 14.4 Å². The molecule has 106 valence electrons. The first-order valence-corrected chi connectivity index (χ1v) is 6.44. The summed E-state index contributed by atoms with van der Waals surface area (Å²) in [6, 6.07) is 7.29. The maximum Gasteiger partial charge on any atom is 0.303 e. The summed E-state index contributed by atoms with van der Waals surface area (Å²) in [5.41, 5.74) is 1.58. The van der Waals surface area contributed by atoms with E-state index in [4.69, 9.17) is 5.11 Å². The highest BCUT2D eigenvalue weighted by Gasteiger charge is 2.25. The Labute approximate surface area is 116 Å². The molecule has 6 nitrogen and oxygen atoms in total. The number of carbonyl (C=O) groups excluding carboxylic acids is 2. The minimum Gasteiger partial charge on any atom is -0.481 e. The molecule has 1 fully saturated rings. The van der Waals surface area contributed by atoms with Crippen molar-refractivity contribution in [3.63, 3.8) is 0 Å². The van der Waals surface area contributed by atoms with Gasteiger partial charge in [0.25, 0.3) is 0 Å². The van der Waals surface area contributed by atoms with Crippen LogP contribution in [-0.2, 0) is 20.8 Å². The summed E-state index contributed by atoms with van der Waals surface area (Å²) in [6.07, 6.45) is 1.15. The second-order valence-electron chi connectivity index (χ2n) is 4.63. The number of carbonyl (C=O) groups is 3. The number of para-hydroxylation sites is 1. The number of carboxylic acids is 1. The molecule has 0 bridgehead atoms. The Morgan fingerprint density at radius 2 is 2.05 bits per heavy atom. The lowest BCUT2D eigenvalue weighted by Gasteiger charge is -2.28. The minimum absolute atomic E-state index is 0.00228. The van der Waals surface area contributed by atoms with Crippen molar-refractivity contribution in [3.05, 3.63) is 29.8 Å². The lowest BCUT2D eigenvalue weighted by atomic mass is 10.0. The molecule has 0 aliphatic carbocycles. The van der Waals surface area contributed by atoms with Crippen LogP contribution in [0.25, 0.3) is 0 Å². The molecule has 2 amide bonds. The van der Waals surface area contributed by atoms with Crippen LogP contribution in [0.4, 0.5) is 5.69 Å². The molecule has 2 N–H and O–H groups in total. The molecular formula is C14H16N2O4. The molecule has 0 radical (unpaired) electrons. The number of carboxylic acid groups (broad SMARTS) is 1. The van der Waals surface area contributed by atoms with Crippen LogP contribution < -0.4 is 10.2 Å². The van der Waals surface area contributed by atoms with E-state index in [1.54, 1.807) is 12.1 Å². The number of rotatable bonds is 5. The average Bonchev–Trinajstić information content (AvgIpc) is 2.42. The fraction of sp³-hybridized carbons (Fsp3) is 0.357. The van der Waals surface area contributed by atoms with Gasteiger partial charge in [0.15, 0.2) is 0 Å². The van der Waals surface area contributed by atoms with Crippen LogP contribution in [0.15, 0.2) is 24.3 Å². The molecule has 1 aromatic carbocycles. The molecule has 2 rings (SSSR count). The highest BCUT2D eigenvalue weighted by molar-refractivity contribution is 6.04. The number of benzene rings is 1. The third kappa shape index (κ3) is 3.34. The number of hydrogen-bond acceptors (Lipinski definition) is 3. The van der Waals surface area contributed by atoms with Crippen LogP contribution in [0, 0.1) is 0 Å². The normalized spacial score (nSPS) is 15.1. The van der Waals surface area contributed by atoms with Crippen molar-refractivity contribution in [3.8, 4) is 0 Å². The monoisotopic (exact) mass is 276 g/mol. The fourth-order valence-electron chi connectivity index (χ4n) is 2.19. The summed E-state index contributed by atoms with van der Waals surface area (Å²) < 4.78 is 0. The molecule has 0 atom stereocenters. The van der Waals surface area contributed by atoms with Crippen LogP contribution in [0.1, 0.15) is 18.4 Å². The maximum atomic E-state index is 11.9. The number of anilines is 1. The number of nitrogens with one attached hydrogen (secondary N) is 1. The number of hydrogen-bond donors (Lipinski definition) is 2. The summed E-state index contributed by atoms with van der Waals surface area (Å²) in [7, 11) is 0. The van der Waals surface area contributed by atoms with Gasteiger partial charge >= 0.3 is 5.97 Å². The number of nitrogens with zero attached hydrogens (tertiary/aromatic N) is 1. The van der Waals surface area contributed by atoms with E-state index in [0.717, 1.165) is 5.56 Å². The second-order valence-corrected chi connectivity index (χ2v) is 4.63. The van der Waals surface area contributed by atoms with Crippen molar-refractivity contribution in [1.29, 1.82) is 0 Å². The first-order valence-electron chi connectivity index (χ1n) is 6.44. The van der Waals surface area contributed by atoms with E-state index in [2.05, 4.69) is 5.32 Å². The molecule has 0 unspecified atom stereocenters. The lowest BCUT2D eigenvalue weighted by molar-refractivity contribution is -0.137. The third-order valence-corrected chi connectivity index (χ3v) is 3.16. The standard InChI is InChI=1S/C14H16N2O4/c17-12-9-16(13(18)8-15-12)11-6-2-1-4-10(11)5-3-7-14(19)20/h1-2,4,6H,3,5,7-9H2,(H,15,17)(H,19,20). The van der Waals surface area contributed by atoms with Crippen molar-refractivity contribution in [2.45, 2.75) is 19.3 Å². The van der Waals surface area contributed by atoms with Gasteiger partial charge in [0.1, 0.15) is 6.54 Å². The van der Waals surface area contributed by atoms with E-state index in [9.17, 15) is 14.4 Å². The molecule has 6 heteroatoms. The highest BCUT2D eigenvalue weighted by Crippen LogP contribution is 2.23. The number of aliphatic carboxylic acids is 1. The molecule has 1 saturated heterocycles. The van der Waals surface area contributed by atoms with Crippen LogP contribution in [0.2, 0.25) is 0 Å². The fourth-order valence-corrected chi connectivity index (χ4v) is 2.19. The van der Waals surface area contributed by atoms with Crippen molar-refractivity contribution >= 4 is 23.5 Å². The molecule has 1 heterocycles. The van der Waals surface area contributed by atoms with Gasteiger partial charge in [0.05, 0.1) is 6.54 Å². The van der Waals surface area contributed by atoms with Gasteiger partial charge in [-0.25, -0.2) is 0 Å². The van der Waals surface area contributed by atoms with Crippen molar-refractivity contribution in [2.75, 3.05) is 18.0 Å². The van der Waals surface area contributed by atoms with E-state index >= 15 is 0 Å². The van der Waals surface area contributed by atoms with Crippen LogP contribution in [0.3, 0.4) is 0 Å². The number of piperazine rings is 1. The summed E-state index contributed by atoms with van der Waals surface area (Å²) in [5.74, 6) is -1.18. The van der Waals surface area contributed by atoms with E-state index < -0.39 is 5.97 Å². The first kappa shape index (κ1) is 14.0. The SMILES string of the molecule is O=C(O)CCCc1ccccc1N1CC(=O)NCC1=O. The van der Waals surface area contributed by atoms with Crippen LogP contribution >= 0.6 is 0 Å². The molecule has 1 aliphatic heterocycles. The second kappa shape index (κ2) is 6.18. The molecule has 1 aromatic rings. The van der Waals surface area contributed by atoms with Crippen molar-refractivity contribution in [2.24, 2.45) is 0 Å². The Morgan fingerprint density at radius 3 is 2.80 bits per heavy atom. The quantitative estimate of drug-likeness (QED) is 0.822. The zero-order valence-corrected chi connectivity index (χ0v) is 11.0. The van der Waals surface area contributed by atoms with E-state index in [1.165, 1.54) is 4.90 Å². The first-order chi connectivity index (χ1) is 9.58. The van der Waals surface area contributed by atoms with Crippen molar-refractivity contribution in [1.82, 2.24) is 5.32 Å². The summed E-state index contributed by atoms with van der Waals surface area (Å²) >= 11 is 0. The predicted octanol–water partition coefficient (Wildman–Crippen LogP) is 0.557. The van der Waals surface area contributed by atoms with Gasteiger partial charge in [-0.15, -0.1) is 0 Å². The van der Waals surface area contributed by atoms with E-state index in [-0.39, 0.29) is 31.3 Å². The Balaban J connectivity index is 2.16. The lowest BCUT2D eigenvalue weighted by Crippen LogP contribution is -2.52. The third-order valence-electron chi connectivity index (χ3n) is 3.16. The maximum absolute atomic E-state index is 11.9. The van der Waals surface area contributed by atoms with Gasteiger partial charge in [-0.1, -0.05) is 18.2 Å². The Morgan fingerprint density at radius 1 is 1.30 bits per heavy atom. The van der Waals surface area contributed by atoms with Crippen molar-refractivity contribution < 1.29 is 19.5 Å². The Hall–Kier alpha value is -2.37.